The average Bonchev–Trinajstić information content (AvgIpc) is 3.61. The third-order valence-electron chi connectivity index (χ3n) is 5.38. The highest BCUT2D eigenvalue weighted by Crippen LogP contribution is 2.36. The molecule has 2 N–H and O–H groups in total. The lowest BCUT2D eigenvalue weighted by Crippen LogP contribution is -2.23. The highest BCUT2D eigenvalue weighted by molar-refractivity contribution is 5.82. The molecule has 9 heteroatoms. The summed E-state index contributed by atoms with van der Waals surface area (Å²) in [4.78, 5) is 17.8. The van der Waals surface area contributed by atoms with E-state index >= 15 is 0 Å². The molecule has 1 aromatic rings. The zero-order valence-electron chi connectivity index (χ0n) is 20.1. The molecule has 0 aromatic carbocycles. The zero-order valence-corrected chi connectivity index (χ0v) is 20.1. The van der Waals surface area contributed by atoms with E-state index in [2.05, 4.69) is 35.4 Å². The lowest BCUT2D eigenvalue weighted by Gasteiger charge is -2.20. The molecule has 1 aliphatic rings. The topological polar surface area (TPSA) is 57.3 Å². The minimum atomic E-state index is -4.72. The molecular formula is C26H32F4N4O. The van der Waals surface area contributed by atoms with Gasteiger partial charge in [-0.05, 0) is 45.0 Å². The number of hydrogen-bond donors (Lipinski definition) is 2. The van der Waals surface area contributed by atoms with Crippen LogP contribution in [0.15, 0.2) is 43.9 Å². The van der Waals surface area contributed by atoms with Crippen LogP contribution in [0.4, 0.5) is 17.6 Å². The maximum absolute atomic E-state index is 13.5. The lowest BCUT2D eigenvalue weighted by molar-refractivity contribution is -0.121. The molecular weight excluding hydrogens is 460 g/mol. The third-order valence-corrected chi connectivity index (χ3v) is 5.38. The van der Waals surface area contributed by atoms with Gasteiger partial charge in [-0.25, -0.2) is 9.37 Å². The Bertz CT molecular complexity index is 1020. The predicted octanol–water partition coefficient (Wildman–Crippen LogP) is 5.55. The highest BCUT2D eigenvalue weighted by Gasteiger charge is 2.35. The Morgan fingerprint density at radius 1 is 1.29 bits per heavy atom. The summed E-state index contributed by atoms with van der Waals surface area (Å²) < 4.78 is 54.0. The van der Waals surface area contributed by atoms with Crippen molar-refractivity contribution < 1.29 is 22.4 Å². The number of aromatic nitrogens is 1. The number of nitrogens with zero attached hydrogens (tertiary/aromatic N) is 2. The van der Waals surface area contributed by atoms with Gasteiger partial charge >= 0.3 is 6.18 Å². The van der Waals surface area contributed by atoms with Crippen molar-refractivity contribution in [3.8, 4) is 0 Å². The first kappa shape index (κ1) is 28.0. The van der Waals surface area contributed by atoms with E-state index in [0.717, 1.165) is 12.8 Å². The Morgan fingerprint density at radius 3 is 2.51 bits per heavy atom. The fraction of sp³-hybridized carbons (Fsp3) is 0.385. The van der Waals surface area contributed by atoms with Gasteiger partial charge < -0.3 is 15.5 Å². The molecule has 1 fully saturated rings. The van der Waals surface area contributed by atoms with Crippen LogP contribution in [0.5, 0.6) is 0 Å². The fourth-order valence-corrected chi connectivity index (χ4v) is 3.24. The molecule has 0 aliphatic heterocycles. The van der Waals surface area contributed by atoms with E-state index in [0.29, 0.717) is 31.6 Å². The molecule has 0 bridgehead atoms. The maximum atomic E-state index is 13.5. The van der Waals surface area contributed by atoms with Gasteiger partial charge in [0.25, 0.3) is 0 Å². The predicted molar refractivity (Wildman–Crippen MR) is 133 cm³/mol. The van der Waals surface area contributed by atoms with Crippen molar-refractivity contribution >= 4 is 29.3 Å². The van der Waals surface area contributed by atoms with E-state index in [1.165, 1.54) is 18.2 Å². The third kappa shape index (κ3) is 8.83. The van der Waals surface area contributed by atoms with Crippen LogP contribution in [0, 0.1) is 5.92 Å². The molecule has 1 heterocycles. The van der Waals surface area contributed by atoms with Crippen molar-refractivity contribution in [2.24, 2.45) is 5.92 Å². The Labute approximate surface area is 204 Å². The summed E-state index contributed by atoms with van der Waals surface area (Å²) in [7, 11) is 3.68. The van der Waals surface area contributed by atoms with Crippen LogP contribution in [0.2, 0.25) is 0 Å². The molecule has 1 saturated carbocycles. The second-order valence-corrected chi connectivity index (χ2v) is 8.68. The van der Waals surface area contributed by atoms with Crippen LogP contribution in [-0.4, -0.2) is 49.2 Å². The lowest BCUT2D eigenvalue weighted by atomic mass is 9.98. The van der Waals surface area contributed by atoms with Crippen molar-refractivity contribution in [3.63, 3.8) is 0 Å². The summed E-state index contributed by atoms with van der Waals surface area (Å²) in [5.41, 5.74) is -0.574. The van der Waals surface area contributed by atoms with Crippen LogP contribution in [0.3, 0.4) is 0 Å². The number of rotatable bonds is 13. The SMILES string of the molecule is C=Cc1c(C(=C)N/C(=C\F)CCN(C)C)cc(/C=C/CNC(=O)CC2CC2)nc1C(=C)C(F)(F)F. The standard InChI is InChI=1S/C26H32F4N4O/c1-6-22-23(18(3)32-21(16-27)11-13-34(4)5)15-20(33-25(22)17(2)26(28,29)30)8-7-12-31-24(35)14-19-9-10-19/h6-8,15-16,19,32H,1-3,9-14H2,4-5H3,(H,31,35)/b8-7+,21-16-. The van der Waals surface area contributed by atoms with Crippen LogP contribution in [-0.2, 0) is 4.79 Å². The normalized spacial score (nSPS) is 14.3. The first-order chi connectivity index (χ1) is 16.5. The van der Waals surface area contributed by atoms with Crippen LogP contribution >= 0.6 is 0 Å². The molecule has 1 aromatic heterocycles. The van der Waals surface area contributed by atoms with Gasteiger partial charge in [0, 0.05) is 48.5 Å². The number of pyridine rings is 1. The molecule has 2 rings (SSSR count). The summed E-state index contributed by atoms with van der Waals surface area (Å²) in [5, 5.41) is 5.60. The van der Waals surface area contributed by atoms with E-state index in [1.54, 1.807) is 6.08 Å². The van der Waals surface area contributed by atoms with Gasteiger partial charge in [0.05, 0.1) is 17.0 Å². The summed E-state index contributed by atoms with van der Waals surface area (Å²) in [6.45, 7) is 11.5. The van der Waals surface area contributed by atoms with Gasteiger partial charge in [0.2, 0.25) is 5.91 Å². The van der Waals surface area contributed by atoms with Gasteiger partial charge in [-0.1, -0.05) is 31.9 Å². The zero-order chi connectivity index (χ0) is 26.2. The van der Waals surface area contributed by atoms with E-state index < -0.39 is 17.4 Å². The van der Waals surface area contributed by atoms with E-state index in [1.807, 2.05) is 19.0 Å². The maximum Gasteiger partial charge on any atom is 0.417 e. The molecule has 0 unspecified atom stereocenters. The van der Waals surface area contributed by atoms with Gasteiger partial charge in [-0.3, -0.25) is 4.79 Å². The molecule has 35 heavy (non-hydrogen) atoms. The first-order valence-electron chi connectivity index (χ1n) is 11.2. The van der Waals surface area contributed by atoms with Crippen LogP contribution in [0.25, 0.3) is 23.4 Å². The summed E-state index contributed by atoms with van der Waals surface area (Å²) in [6, 6.07) is 1.53. The molecule has 1 aliphatic carbocycles. The van der Waals surface area contributed by atoms with E-state index in [-0.39, 0.29) is 40.7 Å². The summed E-state index contributed by atoms with van der Waals surface area (Å²) in [6.07, 6.45) is 2.97. The minimum Gasteiger partial charge on any atom is -0.357 e. The molecule has 0 spiro atoms. The van der Waals surface area contributed by atoms with Crippen molar-refractivity contribution in [1.82, 2.24) is 20.5 Å². The van der Waals surface area contributed by atoms with Crippen molar-refractivity contribution in [2.75, 3.05) is 27.2 Å². The summed E-state index contributed by atoms with van der Waals surface area (Å²) >= 11 is 0. The number of hydrogen-bond acceptors (Lipinski definition) is 4. The van der Waals surface area contributed by atoms with Gasteiger partial charge in [0.15, 0.2) is 0 Å². The highest BCUT2D eigenvalue weighted by atomic mass is 19.4. The molecule has 0 saturated heterocycles. The number of alkyl halides is 3. The number of nitrogens with one attached hydrogen (secondary N) is 2. The average molecular weight is 493 g/mol. The minimum absolute atomic E-state index is 0.0696. The molecule has 0 radical (unpaired) electrons. The molecule has 190 valence electrons. The van der Waals surface area contributed by atoms with Crippen molar-refractivity contribution in [2.45, 2.75) is 31.9 Å². The Morgan fingerprint density at radius 2 is 1.97 bits per heavy atom. The number of halogens is 4. The largest absolute Gasteiger partial charge is 0.417 e. The summed E-state index contributed by atoms with van der Waals surface area (Å²) in [5.74, 6) is 0.380. The van der Waals surface area contributed by atoms with E-state index in [4.69, 9.17) is 0 Å². The Balaban J connectivity index is 2.34. The van der Waals surface area contributed by atoms with Gasteiger partial charge in [0.1, 0.15) is 6.33 Å². The number of carbonyl (C=O) groups excluding carboxylic acids is 1. The van der Waals surface area contributed by atoms with Gasteiger partial charge in [-0.15, -0.1) is 0 Å². The number of carbonyl (C=O) groups is 1. The van der Waals surface area contributed by atoms with Crippen LogP contribution < -0.4 is 10.6 Å². The Kier molecular flexibility index (Phi) is 10.0. The number of allylic oxidation sites excluding steroid dienone is 1. The first-order valence-corrected chi connectivity index (χ1v) is 11.2. The Hall–Kier alpha value is -3.20. The monoisotopic (exact) mass is 492 g/mol. The molecule has 0 atom stereocenters. The molecule has 1 amide bonds. The quantitative estimate of drug-likeness (QED) is 0.355. The molecule has 5 nitrogen and oxygen atoms in total. The van der Waals surface area contributed by atoms with Crippen molar-refractivity contribution in [1.29, 1.82) is 0 Å². The van der Waals surface area contributed by atoms with E-state index in [9.17, 15) is 22.4 Å². The second-order valence-electron chi connectivity index (χ2n) is 8.68. The smallest absolute Gasteiger partial charge is 0.357 e. The van der Waals surface area contributed by atoms with Crippen LogP contribution in [0.1, 0.15) is 48.2 Å². The van der Waals surface area contributed by atoms with Crippen molar-refractivity contribution in [3.05, 3.63) is 66.4 Å². The second kappa shape index (κ2) is 12.5. The number of amides is 1. The fourth-order valence-electron chi connectivity index (χ4n) is 3.24. The van der Waals surface area contributed by atoms with Gasteiger partial charge in [-0.2, -0.15) is 13.2 Å².